The molecule has 0 bridgehead atoms. The molecule has 0 radical (unpaired) electrons. The largest absolute Gasteiger partial charge is 0.312 e. The second-order valence-electron chi connectivity index (χ2n) is 5.08. The molecule has 1 saturated heterocycles. The van der Waals surface area contributed by atoms with E-state index in [9.17, 15) is 0 Å². The van der Waals surface area contributed by atoms with Gasteiger partial charge < -0.3 is 10.2 Å². The summed E-state index contributed by atoms with van der Waals surface area (Å²) in [6.45, 7) is 6.08. The van der Waals surface area contributed by atoms with Crippen molar-refractivity contribution in [3.63, 3.8) is 0 Å². The summed E-state index contributed by atoms with van der Waals surface area (Å²) < 4.78 is 0. The molecule has 3 heteroatoms. The number of hydrogen-bond acceptors (Lipinski definition) is 3. The molecule has 2 nitrogen and oxygen atoms in total. The number of nitrogens with one attached hydrogen (secondary N) is 1. The van der Waals surface area contributed by atoms with Crippen molar-refractivity contribution in [1.82, 2.24) is 10.2 Å². The van der Waals surface area contributed by atoms with Gasteiger partial charge in [-0.15, -0.1) is 0 Å². The molecule has 2 fully saturated rings. The molecule has 0 aromatic heterocycles. The van der Waals surface area contributed by atoms with Gasteiger partial charge >= 0.3 is 0 Å². The van der Waals surface area contributed by atoms with E-state index in [1.165, 1.54) is 63.2 Å². The van der Waals surface area contributed by atoms with Gasteiger partial charge in [-0.3, -0.25) is 0 Å². The fourth-order valence-electron chi connectivity index (χ4n) is 3.00. The lowest BCUT2D eigenvalue weighted by atomic mass is 10.1. The van der Waals surface area contributed by atoms with Gasteiger partial charge in [-0.25, -0.2) is 0 Å². The maximum Gasteiger partial charge on any atom is 0.0170 e. The van der Waals surface area contributed by atoms with Gasteiger partial charge in [0.05, 0.1) is 0 Å². The van der Waals surface area contributed by atoms with Crippen LogP contribution < -0.4 is 5.32 Å². The highest BCUT2D eigenvalue weighted by Gasteiger charge is 2.22. The van der Waals surface area contributed by atoms with E-state index in [1.54, 1.807) is 0 Å². The minimum absolute atomic E-state index is 0.772. The van der Waals surface area contributed by atoms with Gasteiger partial charge in [-0.1, -0.05) is 19.8 Å². The molecule has 1 atom stereocenters. The van der Waals surface area contributed by atoms with Crippen LogP contribution in [0.4, 0.5) is 0 Å². The van der Waals surface area contributed by atoms with Crippen LogP contribution in [0.3, 0.4) is 0 Å². The fraction of sp³-hybridized carbons (Fsp3) is 1.00. The number of nitrogens with zero attached hydrogens (tertiary/aromatic N) is 1. The predicted molar refractivity (Wildman–Crippen MR) is 73.2 cm³/mol. The zero-order valence-corrected chi connectivity index (χ0v) is 11.4. The summed E-state index contributed by atoms with van der Waals surface area (Å²) in [4.78, 5) is 2.72. The van der Waals surface area contributed by atoms with E-state index in [1.807, 2.05) is 0 Å². The Kier molecular flexibility index (Phi) is 5.46. The van der Waals surface area contributed by atoms with E-state index in [-0.39, 0.29) is 0 Å². The molecule has 94 valence electrons. The first-order chi connectivity index (χ1) is 7.90. The number of rotatable bonds is 5. The topological polar surface area (TPSA) is 15.3 Å². The van der Waals surface area contributed by atoms with Crippen molar-refractivity contribution < 1.29 is 0 Å². The Balaban J connectivity index is 1.69. The molecule has 0 aromatic carbocycles. The third-order valence-electron chi connectivity index (χ3n) is 4.01. The molecule has 0 spiro atoms. The molecule has 1 aliphatic heterocycles. The normalized spacial score (nSPS) is 27.8. The van der Waals surface area contributed by atoms with E-state index in [4.69, 9.17) is 0 Å². The van der Waals surface area contributed by atoms with Gasteiger partial charge in [0.15, 0.2) is 0 Å². The van der Waals surface area contributed by atoms with Crippen LogP contribution in [0, 0.1) is 0 Å². The summed E-state index contributed by atoms with van der Waals surface area (Å²) in [5, 5.41) is 3.64. The van der Waals surface area contributed by atoms with Crippen LogP contribution in [0.2, 0.25) is 0 Å². The maximum atomic E-state index is 3.64. The third kappa shape index (κ3) is 3.64. The highest BCUT2D eigenvalue weighted by Crippen LogP contribution is 2.23. The lowest BCUT2D eigenvalue weighted by Gasteiger charge is -2.30. The molecule has 1 aliphatic carbocycles. The Morgan fingerprint density at radius 1 is 1.31 bits per heavy atom. The van der Waals surface area contributed by atoms with Crippen molar-refractivity contribution in [2.24, 2.45) is 0 Å². The average molecular weight is 242 g/mol. The Morgan fingerprint density at radius 2 is 2.12 bits per heavy atom. The summed E-state index contributed by atoms with van der Waals surface area (Å²) in [5.74, 6) is 2.62. The molecule has 1 heterocycles. The summed E-state index contributed by atoms with van der Waals surface area (Å²) in [5.41, 5.74) is 0. The summed E-state index contributed by atoms with van der Waals surface area (Å²) >= 11 is 2.11. The zero-order chi connectivity index (χ0) is 11.2. The molecule has 1 unspecified atom stereocenters. The minimum atomic E-state index is 0.772. The molecular formula is C13H26N2S. The second-order valence-corrected chi connectivity index (χ2v) is 6.23. The van der Waals surface area contributed by atoms with E-state index in [0.29, 0.717) is 0 Å². The van der Waals surface area contributed by atoms with Crippen LogP contribution in [0.5, 0.6) is 0 Å². The lowest BCUT2D eigenvalue weighted by Crippen LogP contribution is -2.42. The van der Waals surface area contributed by atoms with Crippen molar-refractivity contribution in [3.8, 4) is 0 Å². The molecule has 0 amide bonds. The van der Waals surface area contributed by atoms with Gasteiger partial charge in [0.2, 0.25) is 0 Å². The molecule has 1 N–H and O–H groups in total. The summed E-state index contributed by atoms with van der Waals surface area (Å²) in [7, 11) is 0. The van der Waals surface area contributed by atoms with Gasteiger partial charge in [-0.05, 0) is 32.4 Å². The molecule has 2 rings (SSSR count). The van der Waals surface area contributed by atoms with Crippen molar-refractivity contribution in [1.29, 1.82) is 0 Å². The van der Waals surface area contributed by atoms with Crippen molar-refractivity contribution in [2.45, 2.75) is 51.1 Å². The summed E-state index contributed by atoms with van der Waals surface area (Å²) in [6.07, 6.45) is 7.15. The lowest BCUT2D eigenvalue weighted by molar-refractivity contribution is 0.199. The molecule has 2 aliphatic rings. The van der Waals surface area contributed by atoms with Crippen LogP contribution in [-0.4, -0.2) is 48.1 Å². The molecule has 16 heavy (non-hydrogen) atoms. The minimum Gasteiger partial charge on any atom is -0.312 e. The van der Waals surface area contributed by atoms with E-state index < -0.39 is 0 Å². The van der Waals surface area contributed by atoms with Crippen molar-refractivity contribution >= 4 is 11.8 Å². The van der Waals surface area contributed by atoms with Gasteiger partial charge in [0, 0.05) is 30.1 Å². The SMILES string of the molecule is CCN(CCC1CSCCN1)C1CCCC1. The van der Waals surface area contributed by atoms with Gasteiger partial charge in [-0.2, -0.15) is 11.8 Å². The van der Waals surface area contributed by atoms with E-state index >= 15 is 0 Å². The Labute approximate surface area is 105 Å². The van der Waals surface area contributed by atoms with Crippen LogP contribution >= 0.6 is 11.8 Å². The van der Waals surface area contributed by atoms with Gasteiger partial charge in [0.25, 0.3) is 0 Å². The Hall–Kier alpha value is 0.270. The second kappa shape index (κ2) is 6.87. The van der Waals surface area contributed by atoms with E-state index in [0.717, 1.165) is 12.1 Å². The van der Waals surface area contributed by atoms with Crippen LogP contribution in [0.25, 0.3) is 0 Å². The predicted octanol–water partition coefficient (Wildman–Crippen LogP) is 2.35. The third-order valence-corrected chi connectivity index (χ3v) is 5.14. The standard InChI is InChI=1S/C13H26N2S/c1-2-15(13-5-3-4-6-13)9-7-12-11-16-10-8-14-12/h12-14H,2-11H2,1H3. The Morgan fingerprint density at radius 3 is 2.75 bits per heavy atom. The van der Waals surface area contributed by atoms with Gasteiger partial charge in [0.1, 0.15) is 0 Å². The van der Waals surface area contributed by atoms with Crippen molar-refractivity contribution in [2.75, 3.05) is 31.1 Å². The van der Waals surface area contributed by atoms with Crippen LogP contribution in [-0.2, 0) is 0 Å². The number of hydrogen-bond donors (Lipinski definition) is 1. The molecular weight excluding hydrogens is 216 g/mol. The maximum absolute atomic E-state index is 3.64. The fourth-order valence-corrected chi connectivity index (χ4v) is 3.99. The Bertz CT molecular complexity index is 186. The van der Waals surface area contributed by atoms with Crippen LogP contribution in [0.15, 0.2) is 0 Å². The molecule has 0 aromatic rings. The highest BCUT2D eigenvalue weighted by molar-refractivity contribution is 7.99. The monoisotopic (exact) mass is 242 g/mol. The summed E-state index contributed by atoms with van der Waals surface area (Å²) in [6, 6.07) is 1.68. The molecule has 1 saturated carbocycles. The first kappa shape index (κ1) is 12.7. The quantitative estimate of drug-likeness (QED) is 0.797. The zero-order valence-electron chi connectivity index (χ0n) is 10.6. The van der Waals surface area contributed by atoms with E-state index in [2.05, 4.69) is 28.9 Å². The van der Waals surface area contributed by atoms with Crippen LogP contribution in [0.1, 0.15) is 39.0 Å². The smallest absolute Gasteiger partial charge is 0.0170 e. The van der Waals surface area contributed by atoms with Crippen molar-refractivity contribution in [3.05, 3.63) is 0 Å². The first-order valence-electron chi connectivity index (χ1n) is 6.95. The first-order valence-corrected chi connectivity index (χ1v) is 8.11. The average Bonchev–Trinajstić information content (AvgIpc) is 2.85. The number of thioether (sulfide) groups is 1. The highest BCUT2D eigenvalue weighted by atomic mass is 32.2.